The molecule has 1 aliphatic rings. The van der Waals surface area contributed by atoms with Crippen LogP contribution in [0.2, 0.25) is 0 Å². The minimum Gasteiger partial charge on any atom is -0.348 e. The van der Waals surface area contributed by atoms with Crippen molar-refractivity contribution in [3.05, 3.63) is 64.0 Å². The number of carbonyl (C=O) groups is 2. The van der Waals surface area contributed by atoms with Gasteiger partial charge in [0.1, 0.15) is 5.70 Å². The number of hydrogen-bond donors (Lipinski definition) is 2. The number of amides is 2. The highest BCUT2D eigenvalue weighted by Crippen LogP contribution is 2.18. The Morgan fingerprint density at radius 1 is 1.00 bits per heavy atom. The van der Waals surface area contributed by atoms with Gasteiger partial charge in [-0.05, 0) is 42.5 Å². The fourth-order valence-electron chi connectivity index (χ4n) is 2.97. The van der Waals surface area contributed by atoms with Gasteiger partial charge >= 0.3 is 0 Å². The largest absolute Gasteiger partial charge is 0.348 e. The molecule has 0 unspecified atom stereocenters. The Morgan fingerprint density at radius 2 is 1.76 bits per heavy atom. The smallest absolute Gasteiger partial charge is 0.268 e. The summed E-state index contributed by atoms with van der Waals surface area (Å²) in [5.41, 5.74) is 0.826. The van der Waals surface area contributed by atoms with Gasteiger partial charge in [-0.1, -0.05) is 43.5 Å². The molecule has 1 aromatic carbocycles. The van der Waals surface area contributed by atoms with Crippen LogP contribution in [0.15, 0.2) is 53.5 Å². The third kappa shape index (κ3) is 5.03. The van der Waals surface area contributed by atoms with E-state index >= 15 is 0 Å². The Hall–Kier alpha value is -2.40. The van der Waals surface area contributed by atoms with Gasteiger partial charge in [0.05, 0.1) is 0 Å². The van der Waals surface area contributed by atoms with E-state index in [2.05, 4.69) is 10.6 Å². The lowest BCUT2D eigenvalue weighted by Crippen LogP contribution is -2.41. The molecule has 1 aromatic heterocycles. The molecule has 0 atom stereocenters. The Morgan fingerprint density at radius 3 is 2.44 bits per heavy atom. The molecule has 2 N–H and O–H groups in total. The highest BCUT2D eigenvalue weighted by molar-refractivity contribution is 7.10. The molecule has 3 rings (SSSR count). The van der Waals surface area contributed by atoms with E-state index in [1.165, 1.54) is 17.8 Å². The van der Waals surface area contributed by atoms with Gasteiger partial charge in [-0.2, -0.15) is 0 Å². The van der Waals surface area contributed by atoms with Crippen LogP contribution in [-0.2, 0) is 4.79 Å². The molecule has 0 radical (unpaired) electrons. The molecule has 0 saturated heterocycles. The molecule has 0 aliphatic heterocycles. The van der Waals surface area contributed by atoms with Crippen molar-refractivity contribution in [1.29, 1.82) is 0 Å². The third-order valence-electron chi connectivity index (χ3n) is 4.30. The molecule has 1 saturated carbocycles. The van der Waals surface area contributed by atoms with Crippen molar-refractivity contribution in [1.82, 2.24) is 10.6 Å². The first-order chi connectivity index (χ1) is 12.2. The molecule has 4 nitrogen and oxygen atoms in total. The van der Waals surface area contributed by atoms with E-state index in [4.69, 9.17) is 0 Å². The van der Waals surface area contributed by atoms with Crippen LogP contribution in [0.1, 0.15) is 47.3 Å². The zero-order valence-electron chi connectivity index (χ0n) is 14.0. The monoisotopic (exact) mass is 354 g/mol. The van der Waals surface area contributed by atoms with E-state index in [1.54, 1.807) is 30.3 Å². The topological polar surface area (TPSA) is 58.2 Å². The van der Waals surface area contributed by atoms with Crippen LogP contribution in [0, 0.1) is 0 Å². The molecule has 0 bridgehead atoms. The second-order valence-electron chi connectivity index (χ2n) is 6.20. The first-order valence-electron chi connectivity index (χ1n) is 8.65. The summed E-state index contributed by atoms with van der Waals surface area (Å²) in [5, 5.41) is 7.79. The summed E-state index contributed by atoms with van der Waals surface area (Å²) in [6.45, 7) is 0. The normalized spacial score (nSPS) is 15.6. The Labute approximate surface area is 152 Å². The fraction of sp³-hybridized carbons (Fsp3) is 0.300. The van der Waals surface area contributed by atoms with Crippen LogP contribution in [0.25, 0.3) is 6.08 Å². The molecule has 1 aliphatic carbocycles. The van der Waals surface area contributed by atoms with E-state index in [0.29, 0.717) is 11.3 Å². The SMILES string of the molecule is O=C(NC1CCCCC1)/C(=C/c1cccs1)NC(=O)c1ccccc1. The average molecular weight is 354 g/mol. The van der Waals surface area contributed by atoms with Crippen LogP contribution in [0.5, 0.6) is 0 Å². The number of thiophene rings is 1. The molecule has 25 heavy (non-hydrogen) atoms. The van der Waals surface area contributed by atoms with Crippen LogP contribution >= 0.6 is 11.3 Å². The van der Waals surface area contributed by atoms with Crippen molar-refractivity contribution in [2.45, 2.75) is 38.1 Å². The molecular formula is C20H22N2O2S. The molecule has 1 heterocycles. The van der Waals surface area contributed by atoms with Gasteiger partial charge < -0.3 is 10.6 Å². The molecule has 1 fully saturated rings. The maximum atomic E-state index is 12.7. The van der Waals surface area contributed by atoms with Gasteiger partial charge in [0, 0.05) is 16.5 Å². The lowest BCUT2D eigenvalue weighted by Gasteiger charge is -2.23. The number of carbonyl (C=O) groups excluding carboxylic acids is 2. The molecule has 130 valence electrons. The summed E-state index contributed by atoms with van der Waals surface area (Å²) in [4.78, 5) is 26.1. The minimum atomic E-state index is -0.276. The Balaban J connectivity index is 1.75. The first kappa shape index (κ1) is 17.4. The lowest BCUT2D eigenvalue weighted by molar-refractivity contribution is -0.118. The predicted octanol–water partition coefficient (Wildman–Crippen LogP) is 3.97. The quantitative estimate of drug-likeness (QED) is 0.798. The van der Waals surface area contributed by atoms with Gasteiger partial charge in [-0.15, -0.1) is 11.3 Å². The first-order valence-corrected chi connectivity index (χ1v) is 9.53. The zero-order valence-corrected chi connectivity index (χ0v) is 14.9. The van der Waals surface area contributed by atoms with Crippen molar-refractivity contribution in [3.8, 4) is 0 Å². The number of rotatable bonds is 5. The van der Waals surface area contributed by atoms with Gasteiger partial charge in [0.25, 0.3) is 11.8 Å². The molecule has 2 amide bonds. The van der Waals surface area contributed by atoms with Crippen LogP contribution in [-0.4, -0.2) is 17.9 Å². The van der Waals surface area contributed by atoms with E-state index < -0.39 is 0 Å². The van der Waals surface area contributed by atoms with Crippen LogP contribution in [0.3, 0.4) is 0 Å². The van der Waals surface area contributed by atoms with E-state index in [1.807, 2.05) is 23.6 Å². The summed E-state index contributed by atoms with van der Waals surface area (Å²) in [6.07, 6.45) is 7.27. The fourth-order valence-corrected chi connectivity index (χ4v) is 3.63. The van der Waals surface area contributed by atoms with E-state index in [9.17, 15) is 9.59 Å². The van der Waals surface area contributed by atoms with Gasteiger partial charge in [-0.3, -0.25) is 9.59 Å². The second kappa shape index (κ2) is 8.62. The van der Waals surface area contributed by atoms with Crippen LogP contribution in [0.4, 0.5) is 0 Å². The summed E-state index contributed by atoms with van der Waals surface area (Å²) >= 11 is 1.53. The van der Waals surface area contributed by atoms with Gasteiger partial charge in [0.2, 0.25) is 0 Å². The maximum Gasteiger partial charge on any atom is 0.268 e. The number of benzene rings is 1. The average Bonchev–Trinajstić information content (AvgIpc) is 3.16. The van der Waals surface area contributed by atoms with E-state index in [-0.39, 0.29) is 17.9 Å². The highest BCUT2D eigenvalue weighted by Gasteiger charge is 2.20. The molecule has 0 spiro atoms. The second-order valence-corrected chi connectivity index (χ2v) is 7.18. The Kier molecular flexibility index (Phi) is 6.01. The summed E-state index contributed by atoms with van der Waals surface area (Å²) in [6, 6.07) is 13.0. The minimum absolute atomic E-state index is 0.196. The molecule has 2 aromatic rings. The molecular weight excluding hydrogens is 332 g/mol. The van der Waals surface area contributed by atoms with Gasteiger partial charge in [-0.25, -0.2) is 0 Å². The predicted molar refractivity (Wildman–Crippen MR) is 101 cm³/mol. The van der Waals surface area contributed by atoms with E-state index in [0.717, 1.165) is 30.6 Å². The van der Waals surface area contributed by atoms with Crippen molar-refractivity contribution >= 4 is 29.2 Å². The van der Waals surface area contributed by atoms with Gasteiger partial charge in [0.15, 0.2) is 0 Å². The summed E-state index contributed by atoms with van der Waals surface area (Å²) < 4.78 is 0. The third-order valence-corrected chi connectivity index (χ3v) is 5.12. The molecule has 5 heteroatoms. The lowest BCUT2D eigenvalue weighted by atomic mass is 9.95. The van der Waals surface area contributed by atoms with Crippen molar-refractivity contribution in [2.24, 2.45) is 0 Å². The number of hydrogen-bond acceptors (Lipinski definition) is 3. The Bertz CT molecular complexity index is 732. The number of nitrogens with one attached hydrogen (secondary N) is 2. The van der Waals surface area contributed by atoms with Crippen molar-refractivity contribution in [3.63, 3.8) is 0 Å². The highest BCUT2D eigenvalue weighted by atomic mass is 32.1. The van der Waals surface area contributed by atoms with Crippen molar-refractivity contribution in [2.75, 3.05) is 0 Å². The zero-order chi connectivity index (χ0) is 17.5. The maximum absolute atomic E-state index is 12.7. The standard InChI is InChI=1S/C20H22N2O2S/c23-19(15-8-3-1-4-9-15)22-18(14-17-12-7-13-25-17)20(24)21-16-10-5-2-6-11-16/h1,3-4,7-9,12-14,16H,2,5-6,10-11H2,(H,21,24)(H,22,23)/b18-14-. The summed E-state index contributed by atoms with van der Waals surface area (Å²) in [7, 11) is 0. The van der Waals surface area contributed by atoms with Crippen LogP contribution < -0.4 is 10.6 Å². The van der Waals surface area contributed by atoms with Crippen molar-refractivity contribution < 1.29 is 9.59 Å². The summed E-state index contributed by atoms with van der Waals surface area (Å²) in [5.74, 6) is -0.494.